The number of pyridine rings is 1. The second-order valence-corrected chi connectivity index (χ2v) is 7.54. The van der Waals surface area contributed by atoms with Crippen molar-refractivity contribution in [2.24, 2.45) is 0 Å². The van der Waals surface area contributed by atoms with E-state index in [2.05, 4.69) is 14.5 Å². The number of hydrogen-bond donors (Lipinski definition) is 0. The molecule has 1 aliphatic rings. The van der Waals surface area contributed by atoms with E-state index in [9.17, 15) is 4.79 Å². The first kappa shape index (κ1) is 18.7. The fourth-order valence-electron chi connectivity index (χ4n) is 4.10. The summed E-state index contributed by atoms with van der Waals surface area (Å²) < 4.78 is 9.26. The van der Waals surface area contributed by atoms with Crippen LogP contribution in [0.5, 0.6) is 0 Å². The van der Waals surface area contributed by atoms with Crippen molar-refractivity contribution in [3.63, 3.8) is 0 Å². The van der Waals surface area contributed by atoms with Crippen molar-refractivity contribution in [3.8, 4) is 0 Å². The van der Waals surface area contributed by atoms with Crippen molar-refractivity contribution in [2.75, 3.05) is 26.8 Å². The highest BCUT2D eigenvalue weighted by Crippen LogP contribution is 2.27. The number of likely N-dealkylation sites (tertiary alicyclic amines) is 1. The highest BCUT2D eigenvalue weighted by atomic mass is 16.5. The Hall–Kier alpha value is -2.67. The van der Waals surface area contributed by atoms with Crippen molar-refractivity contribution in [3.05, 3.63) is 53.5 Å². The molecule has 0 spiro atoms. The van der Waals surface area contributed by atoms with E-state index in [0.29, 0.717) is 18.8 Å². The lowest BCUT2D eigenvalue weighted by atomic mass is 9.96. The van der Waals surface area contributed by atoms with Crippen molar-refractivity contribution in [1.82, 2.24) is 23.8 Å². The highest BCUT2D eigenvalue weighted by molar-refractivity contribution is 5.94. The summed E-state index contributed by atoms with van der Waals surface area (Å²) in [7, 11) is 1.71. The molecule has 7 heteroatoms. The van der Waals surface area contributed by atoms with Crippen LogP contribution in [0.2, 0.25) is 0 Å². The Balaban J connectivity index is 1.58. The summed E-state index contributed by atoms with van der Waals surface area (Å²) in [6, 6.07) is 4.02. The topological polar surface area (TPSA) is 64.7 Å². The molecular formula is C21H27N5O2. The molecule has 3 aromatic rings. The molecule has 0 unspecified atom stereocenters. The molecule has 1 saturated heterocycles. The third-order valence-electron chi connectivity index (χ3n) is 5.52. The summed E-state index contributed by atoms with van der Waals surface area (Å²) in [6.07, 6.45) is 7.78. The number of methoxy groups -OCH3 is 1. The zero-order chi connectivity index (χ0) is 19.7. The van der Waals surface area contributed by atoms with E-state index in [0.717, 1.165) is 48.7 Å². The number of aryl methyl sites for hydroxylation is 2. The van der Waals surface area contributed by atoms with Crippen LogP contribution in [-0.2, 0) is 11.3 Å². The van der Waals surface area contributed by atoms with E-state index in [1.165, 1.54) is 0 Å². The van der Waals surface area contributed by atoms with Gasteiger partial charge in [0.15, 0.2) is 0 Å². The SMILES string of the molecule is COCCn1ccnc1[C@@H]1CCCN(C(=O)c2c(C)nc3cc(C)ccn23)C1. The van der Waals surface area contributed by atoms with Crippen LogP contribution in [0, 0.1) is 13.8 Å². The Kier molecular flexibility index (Phi) is 5.17. The fourth-order valence-corrected chi connectivity index (χ4v) is 4.10. The summed E-state index contributed by atoms with van der Waals surface area (Å²) >= 11 is 0. The lowest BCUT2D eigenvalue weighted by Gasteiger charge is -2.32. The molecule has 0 N–H and O–H groups in total. The first-order valence-corrected chi connectivity index (χ1v) is 9.83. The van der Waals surface area contributed by atoms with E-state index in [-0.39, 0.29) is 11.8 Å². The van der Waals surface area contributed by atoms with Gasteiger partial charge >= 0.3 is 0 Å². The minimum atomic E-state index is 0.0496. The van der Waals surface area contributed by atoms with Gasteiger partial charge in [0.2, 0.25) is 0 Å². The van der Waals surface area contributed by atoms with Crippen molar-refractivity contribution in [2.45, 2.75) is 39.2 Å². The predicted octanol–water partition coefficient (Wildman–Crippen LogP) is 2.81. The number of ether oxygens (including phenoxy) is 1. The molecule has 7 nitrogen and oxygen atoms in total. The molecule has 1 amide bonds. The van der Waals surface area contributed by atoms with Crippen molar-refractivity contribution >= 4 is 11.6 Å². The Morgan fingerprint density at radius 2 is 2.18 bits per heavy atom. The Labute approximate surface area is 165 Å². The largest absolute Gasteiger partial charge is 0.383 e. The maximum absolute atomic E-state index is 13.4. The Morgan fingerprint density at radius 3 is 3.00 bits per heavy atom. The molecule has 0 saturated carbocycles. The minimum Gasteiger partial charge on any atom is -0.383 e. The van der Waals surface area contributed by atoms with Crippen LogP contribution in [0.3, 0.4) is 0 Å². The molecule has 1 atom stereocenters. The summed E-state index contributed by atoms with van der Waals surface area (Å²) in [6.45, 7) is 6.83. The highest BCUT2D eigenvalue weighted by Gasteiger charge is 2.30. The third-order valence-corrected chi connectivity index (χ3v) is 5.52. The lowest BCUT2D eigenvalue weighted by molar-refractivity contribution is 0.0694. The van der Waals surface area contributed by atoms with Gasteiger partial charge in [0.25, 0.3) is 5.91 Å². The smallest absolute Gasteiger partial charge is 0.272 e. The van der Waals surface area contributed by atoms with Gasteiger partial charge < -0.3 is 14.2 Å². The van der Waals surface area contributed by atoms with Crippen LogP contribution < -0.4 is 0 Å². The van der Waals surface area contributed by atoms with Crippen LogP contribution >= 0.6 is 0 Å². The summed E-state index contributed by atoms with van der Waals surface area (Å²) in [5, 5.41) is 0. The number of carbonyl (C=O) groups excluding carboxylic acids is 1. The van der Waals surface area contributed by atoms with E-state index in [1.54, 1.807) is 7.11 Å². The molecule has 1 aliphatic heterocycles. The molecule has 0 aliphatic carbocycles. The van der Waals surface area contributed by atoms with Gasteiger partial charge in [-0.1, -0.05) is 0 Å². The molecule has 28 heavy (non-hydrogen) atoms. The van der Waals surface area contributed by atoms with Gasteiger partial charge in [-0.25, -0.2) is 9.97 Å². The second-order valence-electron chi connectivity index (χ2n) is 7.54. The number of nitrogens with zero attached hydrogens (tertiary/aromatic N) is 5. The molecule has 148 valence electrons. The molecule has 3 aromatic heterocycles. The van der Waals surface area contributed by atoms with Gasteiger partial charge in [0.05, 0.1) is 12.3 Å². The monoisotopic (exact) mass is 381 g/mol. The zero-order valence-electron chi connectivity index (χ0n) is 16.8. The van der Waals surface area contributed by atoms with Crippen LogP contribution in [0.4, 0.5) is 0 Å². The Bertz CT molecular complexity index is 990. The van der Waals surface area contributed by atoms with E-state index < -0.39 is 0 Å². The predicted molar refractivity (Wildman–Crippen MR) is 107 cm³/mol. The van der Waals surface area contributed by atoms with Gasteiger partial charge in [-0.15, -0.1) is 0 Å². The Morgan fingerprint density at radius 1 is 1.32 bits per heavy atom. The van der Waals surface area contributed by atoms with Crippen LogP contribution in [-0.4, -0.2) is 56.5 Å². The van der Waals surface area contributed by atoms with Gasteiger partial charge in [0.1, 0.15) is 17.2 Å². The molecule has 4 rings (SSSR count). The van der Waals surface area contributed by atoms with Gasteiger partial charge in [-0.05, 0) is 44.4 Å². The van der Waals surface area contributed by atoms with E-state index in [1.807, 2.05) is 53.9 Å². The van der Waals surface area contributed by atoms with E-state index in [4.69, 9.17) is 4.74 Å². The third kappa shape index (κ3) is 3.42. The number of rotatable bonds is 5. The first-order valence-electron chi connectivity index (χ1n) is 9.83. The molecule has 0 radical (unpaired) electrons. The van der Waals surface area contributed by atoms with Gasteiger partial charge in [-0.2, -0.15) is 0 Å². The van der Waals surface area contributed by atoms with Crippen LogP contribution in [0.1, 0.15) is 46.3 Å². The van der Waals surface area contributed by atoms with Crippen LogP contribution in [0.25, 0.3) is 5.65 Å². The average Bonchev–Trinajstić information content (AvgIpc) is 3.29. The zero-order valence-corrected chi connectivity index (χ0v) is 16.8. The first-order chi connectivity index (χ1) is 13.6. The number of aromatic nitrogens is 4. The van der Waals surface area contributed by atoms with Crippen molar-refractivity contribution in [1.29, 1.82) is 0 Å². The number of carbonyl (C=O) groups is 1. The molecule has 1 fully saturated rings. The number of fused-ring (bicyclic) bond motifs is 1. The van der Waals surface area contributed by atoms with E-state index >= 15 is 0 Å². The number of amides is 1. The summed E-state index contributed by atoms with van der Waals surface area (Å²) in [5.74, 6) is 1.33. The number of piperidine rings is 1. The molecule has 4 heterocycles. The molecule has 0 aromatic carbocycles. The normalized spacial score (nSPS) is 17.4. The fraction of sp³-hybridized carbons (Fsp3) is 0.476. The van der Waals surface area contributed by atoms with Crippen LogP contribution in [0.15, 0.2) is 30.7 Å². The van der Waals surface area contributed by atoms with Gasteiger partial charge in [-0.3, -0.25) is 9.20 Å². The molecular weight excluding hydrogens is 354 g/mol. The second kappa shape index (κ2) is 7.75. The van der Waals surface area contributed by atoms with Gasteiger partial charge in [0, 0.05) is 51.3 Å². The summed E-state index contributed by atoms with van der Waals surface area (Å²) in [4.78, 5) is 24.5. The minimum absolute atomic E-state index is 0.0496. The number of imidazole rings is 2. The standard InChI is InChI=1S/C21H27N5O2/c1-15-6-9-26-18(13-15)23-16(2)19(26)21(27)25-8-4-5-17(14-25)20-22-7-10-24(20)11-12-28-3/h6-7,9-10,13,17H,4-5,8,11-12,14H2,1-3H3/t17-/m1/s1. The maximum atomic E-state index is 13.4. The average molecular weight is 381 g/mol. The summed E-state index contributed by atoms with van der Waals surface area (Å²) in [5.41, 5.74) is 3.40. The lowest BCUT2D eigenvalue weighted by Crippen LogP contribution is -2.40. The van der Waals surface area contributed by atoms with Crippen molar-refractivity contribution < 1.29 is 9.53 Å². The number of hydrogen-bond acceptors (Lipinski definition) is 4. The molecule has 0 bridgehead atoms. The quantitative estimate of drug-likeness (QED) is 0.682. The maximum Gasteiger partial charge on any atom is 0.272 e.